The second-order valence-electron chi connectivity index (χ2n) is 6.20. The predicted octanol–water partition coefficient (Wildman–Crippen LogP) is 4.07. The summed E-state index contributed by atoms with van der Waals surface area (Å²) >= 11 is 6.22. The van der Waals surface area contributed by atoms with Crippen LogP contribution >= 0.6 is 11.6 Å². The molecule has 1 aliphatic heterocycles. The number of benzene rings is 1. The number of aryl methyl sites for hydroxylation is 1. The maximum absolute atomic E-state index is 6.22. The van der Waals surface area contributed by atoms with Crippen molar-refractivity contribution < 1.29 is 4.42 Å². The molecule has 5 nitrogen and oxygen atoms in total. The van der Waals surface area contributed by atoms with Crippen molar-refractivity contribution in [2.75, 3.05) is 6.54 Å². The summed E-state index contributed by atoms with van der Waals surface area (Å²) in [6, 6.07) is 8.01. The number of likely N-dealkylation sites (tertiary alicyclic amines) is 1. The molecule has 1 aliphatic rings. The van der Waals surface area contributed by atoms with E-state index in [9.17, 15) is 0 Å². The first kappa shape index (κ1) is 15.4. The van der Waals surface area contributed by atoms with Crippen LogP contribution < -0.4 is 0 Å². The highest BCUT2D eigenvalue weighted by atomic mass is 35.5. The van der Waals surface area contributed by atoms with E-state index < -0.39 is 0 Å². The minimum Gasteiger partial charge on any atom is -0.444 e. The fourth-order valence-electron chi connectivity index (χ4n) is 3.35. The third-order valence-corrected chi connectivity index (χ3v) is 4.82. The van der Waals surface area contributed by atoms with E-state index in [1.807, 2.05) is 42.2 Å². The van der Waals surface area contributed by atoms with Crippen molar-refractivity contribution in [1.29, 1.82) is 0 Å². The molecule has 1 fully saturated rings. The monoisotopic (exact) mass is 342 g/mol. The first-order valence-electron chi connectivity index (χ1n) is 8.12. The van der Waals surface area contributed by atoms with Crippen molar-refractivity contribution in [3.63, 3.8) is 0 Å². The number of aromatic nitrogens is 3. The van der Waals surface area contributed by atoms with E-state index in [1.54, 1.807) is 6.26 Å². The molecule has 2 aromatic heterocycles. The van der Waals surface area contributed by atoms with Gasteiger partial charge in [-0.15, -0.1) is 0 Å². The van der Waals surface area contributed by atoms with Crippen LogP contribution in [-0.2, 0) is 13.6 Å². The topological polar surface area (TPSA) is 47.1 Å². The summed E-state index contributed by atoms with van der Waals surface area (Å²) < 4.78 is 7.51. The Bertz CT molecular complexity index is 841. The first-order valence-corrected chi connectivity index (χ1v) is 8.50. The van der Waals surface area contributed by atoms with Crippen LogP contribution in [0.5, 0.6) is 0 Å². The van der Waals surface area contributed by atoms with Crippen LogP contribution in [0.4, 0.5) is 0 Å². The predicted molar refractivity (Wildman–Crippen MR) is 92.5 cm³/mol. The number of oxazole rings is 1. The van der Waals surface area contributed by atoms with E-state index in [-0.39, 0.29) is 0 Å². The Hall–Kier alpha value is -2.11. The van der Waals surface area contributed by atoms with Crippen molar-refractivity contribution in [1.82, 2.24) is 19.7 Å². The molecule has 0 saturated carbocycles. The van der Waals surface area contributed by atoms with Gasteiger partial charge in [0.05, 0.1) is 22.5 Å². The van der Waals surface area contributed by atoms with E-state index in [0.29, 0.717) is 17.0 Å². The zero-order valence-corrected chi connectivity index (χ0v) is 14.3. The highest BCUT2D eigenvalue weighted by Gasteiger charge is 2.27. The van der Waals surface area contributed by atoms with Crippen molar-refractivity contribution in [3.8, 4) is 11.5 Å². The van der Waals surface area contributed by atoms with Gasteiger partial charge in [-0.1, -0.05) is 23.7 Å². The molecule has 3 heterocycles. The maximum Gasteiger partial charge on any atom is 0.227 e. The molecule has 124 valence electrons. The maximum atomic E-state index is 6.22. The minimum atomic E-state index is 0.402. The van der Waals surface area contributed by atoms with Crippen molar-refractivity contribution >= 4 is 11.6 Å². The van der Waals surface area contributed by atoms with E-state index >= 15 is 0 Å². The Labute approximate surface area is 145 Å². The molecule has 0 amide bonds. The molecule has 0 radical (unpaired) electrons. The molecule has 3 aromatic rings. The Morgan fingerprint density at radius 2 is 2.21 bits per heavy atom. The molecule has 0 spiro atoms. The summed E-state index contributed by atoms with van der Waals surface area (Å²) in [7, 11) is 1.95. The van der Waals surface area contributed by atoms with E-state index in [1.165, 1.54) is 12.0 Å². The Kier molecular flexibility index (Phi) is 4.12. The minimum absolute atomic E-state index is 0.402. The third kappa shape index (κ3) is 2.97. The van der Waals surface area contributed by atoms with Gasteiger partial charge in [-0.05, 0) is 31.5 Å². The Morgan fingerprint density at radius 1 is 1.33 bits per heavy atom. The van der Waals surface area contributed by atoms with Crippen molar-refractivity contribution in [2.24, 2.45) is 7.05 Å². The molecule has 1 unspecified atom stereocenters. The summed E-state index contributed by atoms with van der Waals surface area (Å²) in [5, 5.41) is 4.95. The lowest BCUT2D eigenvalue weighted by Gasteiger charge is -2.22. The Balaban J connectivity index is 1.52. The third-order valence-electron chi connectivity index (χ3n) is 4.49. The van der Waals surface area contributed by atoms with Crippen LogP contribution in [0.1, 0.15) is 30.1 Å². The average molecular weight is 343 g/mol. The molecular formula is C18H19ClN4O. The second-order valence-corrected chi connectivity index (χ2v) is 6.61. The average Bonchev–Trinajstić information content (AvgIpc) is 3.29. The summed E-state index contributed by atoms with van der Waals surface area (Å²) in [5.41, 5.74) is 3.03. The second kappa shape index (κ2) is 6.42. The largest absolute Gasteiger partial charge is 0.444 e. The smallest absolute Gasteiger partial charge is 0.227 e. The molecule has 0 bridgehead atoms. The number of nitrogens with zero attached hydrogens (tertiary/aromatic N) is 4. The lowest BCUT2D eigenvalue weighted by Crippen LogP contribution is -2.22. The lowest BCUT2D eigenvalue weighted by atomic mass is 10.1. The van der Waals surface area contributed by atoms with Gasteiger partial charge in [-0.3, -0.25) is 9.58 Å². The van der Waals surface area contributed by atoms with Crippen LogP contribution in [0, 0.1) is 0 Å². The molecule has 1 aromatic carbocycles. The SMILES string of the molecule is Cn1cc(C2CCCN2Cc2coc(-c3ccccc3Cl)n2)cn1. The van der Waals surface area contributed by atoms with Crippen LogP contribution in [-0.4, -0.2) is 26.2 Å². The molecule has 6 heteroatoms. The van der Waals surface area contributed by atoms with E-state index in [2.05, 4.69) is 21.2 Å². The van der Waals surface area contributed by atoms with Crippen LogP contribution in [0.2, 0.25) is 5.02 Å². The van der Waals surface area contributed by atoms with Gasteiger partial charge in [0.25, 0.3) is 0 Å². The number of hydrogen-bond acceptors (Lipinski definition) is 4. The molecule has 0 N–H and O–H groups in total. The van der Waals surface area contributed by atoms with Gasteiger partial charge in [-0.2, -0.15) is 5.10 Å². The summed E-state index contributed by atoms with van der Waals surface area (Å²) in [4.78, 5) is 7.06. The highest BCUT2D eigenvalue weighted by molar-refractivity contribution is 6.33. The van der Waals surface area contributed by atoms with Crippen LogP contribution in [0.15, 0.2) is 47.3 Å². The highest BCUT2D eigenvalue weighted by Crippen LogP contribution is 2.33. The van der Waals surface area contributed by atoms with Gasteiger partial charge in [0.1, 0.15) is 6.26 Å². The number of hydrogen-bond donors (Lipinski definition) is 0. The summed E-state index contributed by atoms with van der Waals surface area (Å²) in [6.07, 6.45) is 8.13. The van der Waals surface area contributed by atoms with Gasteiger partial charge in [0.2, 0.25) is 5.89 Å². The lowest BCUT2D eigenvalue weighted by molar-refractivity contribution is 0.245. The van der Waals surface area contributed by atoms with Gasteiger partial charge in [0.15, 0.2) is 0 Å². The standard InChI is InChI=1S/C18H19ClN4O/c1-22-10-13(9-20-22)17-7-4-8-23(17)11-14-12-24-18(21-14)15-5-2-3-6-16(15)19/h2-3,5-6,9-10,12,17H,4,7-8,11H2,1H3. The molecule has 24 heavy (non-hydrogen) atoms. The summed E-state index contributed by atoms with van der Waals surface area (Å²) in [5.74, 6) is 0.577. The first-order chi connectivity index (χ1) is 11.7. The van der Waals surface area contributed by atoms with Crippen LogP contribution in [0.25, 0.3) is 11.5 Å². The Morgan fingerprint density at radius 3 is 3.00 bits per heavy atom. The molecule has 0 aliphatic carbocycles. The van der Waals surface area contributed by atoms with E-state index in [0.717, 1.165) is 30.8 Å². The zero-order chi connectivity index (χ0) is 16.5. The fourth-order valence-corrected chi connectivity index (χ4v) is 3.57. The van der Waals surface area contributed by atoms with Gasteiger partial charge < -0.3 is 4.42 Å². The van der Waals surface area contributed by atoms with Gasteiger partial charge in [0, 0.05) is 31.4 Å². The van der Waals surface area contributed by atoms with Crippen molar-refractivity contribution in [3.05, 3.63) is 59.2 Å². The quantitative estimate of drug-likeness (QED) is 0.717. The fraction of sp³-hybridized carbons (Fsp3) is 0.333. The molecule has 4 rings (SSSR count). The molecular weight excluding hydrogens is 324 g/mol. The zero-order valence-electron chi connectivity index (χ0n) is 13.5. The molecule has 1 atom stereocenters. The van der Waals surface area contributed by atoms with Gasteiger partial charge >= 0.3 is 0 Å². The van der Waals surface area contributed by atoms with E-state index in [4.69, 9.17) is 16.0 Å². The number of halogens is 1. The normalized spacial score (nSPS) is 18.3. The summed E-state index contributed by atoms with van der Waals surface area (Å²) in [6.45, 7) is 1.83. The molecule has 1 saturated heterocycles. The van der Waals surface area contributed by atoms with Crippen LogP contribution in [0.3, 0.4) is 0 Å². The van der Waals surface area contributed by atoms with Gasteiger partial charge in [-0.25, -0.2) is 4.98 Å². The number of rotatable bonds is 4. The van der Waals surface area contributed by atoms with Crippen molar-refractivity contribution in [2.45, 2.75) is 25.4 Å².